The number of nitrogens with one attached hydrogen (secondary N) is 1. The number of likely N-dealkylation sites (N-methyl/N-ethyl adjacent to an activating group) is 1. The standard InChI is InChI=1S/C14H19Cl2N3O2/c1-2-19-3-4-21-10(8-19)7-18-14(20)11-5-9(17)6-12(15)13(11)16/h5-6,10H,2-4,7-8,17H2,1H3,(H,18,20). The van der Waals surface area contributed by atoms with Gasteiger partial charge in [-0.15, -0.1) is 0 Å². The Morgan fingerprint density at radius 3 is 3.00 bits per heavy atom. The second kappa shape index (κ2) is 7.31. The molecule has 7 heteroatoms. The number of rotatable bonds is 4. The Balaban J connectivity index is 1.96. The Bertz CT molecular complexity index is 525. The fourth-order valence-corrected chi connectivity index (χ4v) is 2.69. The molecule has 1 fully saturated rings. The maximum atomic E-state index is 12.2. The van der Waals surface area contributed by atoms with E-state index in [9.17, 15) is 4.79 Å². The normalized spacial score (nSPS) is 19.5. The van der Waals surface area contributed by atoms with E-state index in [1.165, 1.54) is 12.1 Å². The first kappa shape index (κ1) is 16.4. The molecule has 1 heterocycles. The van der Waals surface area contributed by atoms with Crippen molar-refractivity contribution in [2.24, 2.45) is 0 Å². The number of halogens is 2. The van der Waals surface area contributed by atoms with Crippen LogP contribution in [0.4, 0.5) is 5.69 Å². The average molecular weight is 332 g/mol. The average Bonchev–Trinajstić information content (AvgIpc) is 2.48. The Hall–Kier alpha value is -1.01. The number of benzene rings is 1. The van der Waals surface area contributed by atoms with E-state index in [0.717, 1.165) is 19.6 Å². The molecule has 21 heavy (non-hydrogen) atoms. The molecule has 0 aromatic heterocycles. The number of hydrogen-bond donors (Lipinski definition) is 2. The van der Waals surface area contributed by atoms with E-state index in [2.05, 4.69) is 17.1 Å². The molecule has 0 spiro atoms. The molecule has 5 nitrogen and oxygen atoms in total. The molecule has 0 radical (unpaired) electrons. The van der Waals surface area contributed by atoms with Gasteiger partial charge in [-0.25, -0.2) is 0 Å². The first-order chi connectivity index (χ1) is 10.0. The van der Waals surface area contributed by atoms with Crippen LogP contribution < -0.4 is 11.1 Å². The van der Waals surface area contributed by atoms with E-state index in [0.29, 0.717) is 18.8 Å². The predicted octanol–water partition coefficient (Wildman–Crippen LogP) is 2.03. The van der Waals surface area contributed by atoms with Crippen molar-refractivity contribution >= 4 is 34.8 Å². The van der Waals surface area contributed by atoms with Crippen LogP contribution >= 0.6 is 23.2 Å². The van der Waals surface area contributed by atoms with Crippen molar-refractivity contribution in [2.45, 2.75) is 13.0 Å². The minimum Gasteiger partial charge on any atom is -0.399 e. The summed E-state index contributed by atoms with van der Waals surface area (Å²) in [6, 6.07) is 3.04. The highest BCUT2D eigenvalue weighted by Crippen LogP contribution is 2.28. The molecule has 3 N–H and O–H groups in total. The van der Waals surface area contributed by atoms with E-state index in [1.807, 2.05) is 0 Å². The molecule has 0 aliphatic carbocycles. The number of anilines is 1. The van der Waals surface area contributed by atoms with Gasteiger partial charge in [-0.2, -0.15) is 0 Å². The smallest absolute Gasteiger partial charge is 0.253 e. The summed E-state index contributed by atoms with van der Waals surface area (Å²) in [4.78, 5) is 14.5. The van der Waals surface area contributed by atoms with Crippen LogP contribution in [0.25, 0.3) is 0 Å². The van der Waals surface area contributed by atoms with E-state index < -0.39 is 0 Å². The Kier molecular flexibility index (Phi) is 5.70. The van der Waals surface area contributed by atoms with E-state index in [-0.39, 0.29) is 27.6 Å². The van der Waals surface area contributed by atoms with Crippen LogP contribution in [0.2, 0.25) is 10.0 Å². The van der Waals surface area contributed by atoms with Crippen molar-refractivity contribution in [3.8, 4) is 0 Å². The highest BCUT2D eigenvalue weighted by Gasteiger charge is 2.21. The van der Waals surface area contributed by atoms with Crippen molar-refractivity contribution in [3.63, 3.8) is 0 Å². The third kappa shape index (κ3) is 4.23. The van der Waals surface area contributed by atoms with Crippen LogP contribution in [0.15, 0.2) is 12.1 Å². The monoisotopic (exact) mass is 331 g/mol. The molecular formula is C14H19Cl2N3O2. The molecule has 0 saturated carbocycles. The summed E-state index contributed by atoms with van der Waals surface area (Å²) in [5.74, 6) is -0.300. The zero-order valence-corrected chi connectivity index (χ0v) is 13.4. The Labute approximate surface area is 134 Å². The Morgan fingerprint density at radius 2 is 2.29 bits per heavy atom. The zero-order valence-electron chi connectivity index (χ0n) is 11.9. The van der Waals surface area contributed by atoms with Gasteiger partial charge in [0.15, 0.2) is 0 Å². The topological polar surface area (TPSA) is 67.6 Å². The highest BCUT2D eigenvalue weighted by molar-refractivity contribution is 6.44. The fourth-order valence-electron chi connectivity index (χ4n) is 2.27. The van der Waals surface area contributed by atoms with Crippen LogP contribution in [0.1, 0.15) is 17.3 Å². The lowest BCUT2D eigenvalue weighted by Gasteiger charge is -2.32. The molecule has 1 unspecified atom stereocenters. The first-order valence-electron chi connectivity index (χ1n) is 6.88. The number of hydrogen-bond acceptors (Lipinski definition) is 4. The van der Waals surface area contributed by atoms with Crippen molar-refractivity contribution in [3.05, 3.63) is 27.7 Å². The maximum Gasteiger partial charge on any atom is 0.253 e. The van der Waals surface area contributed by atoms with Crippen LogP contribution in [0.3, 0.4) is 0 Å². The summed E-state index contributed by atoms with van der Waals surface area (Å²) in [5, 5.41) is 3.30. The van der Waals surface area contributed by atoms with Crippen LogP contribution in [0.5, 0.6) is 0 Å². The van der Waals surface area contributed by atoms with Gasteiger partial charge in [-0.1, -0.05) is 30.1 Å². The van der Waals surface area contributed by atoms with Gasteiger partial charge < -0.3 is 15.8 Å². The number of carbonyl (C=O) groups excluding carboxylic acids is 1. The van der Waals surface area contributed by atoms with Gasteiger partial charge in [0.25, 0.3) is 5.91 Å². The number of carbonyl (C=O) groups is 1. The lowest BCUT2D eigenvalue weighted by molar-refractivity contribution is -0.0246. The maximum absolute atomic E-state index is 12.2. The molecule has 1 saturated heterocycles. The number of nitrogens with two attached hydrogens (primary N) is 1. The minimum atomic E-state index is -0.300. The van der Waals surface area contributed by atoms with Gasteiger partial charge in [-0.05, 0) is 18.7 Å². The quantitative estimate of drug-likeness (QED) is 0.828. The van der Waals surface area contributed by atoms with Gasteiger partial charge in [0.2, 0.25) is 0 Å². The molecular weight excluding hydrogens is 313 g/mol. The lowest BCUT2D eigenvalue weighted by Crippen LogP contribution is -2.47. The molecule has 1 aromatic rings. The molecule has 1 amide bonds. The highest BCUT2D eigenvalue weighted by atomic mass is 35.5. The number of nitrogens with zero attached hydrogens (tertiary/aromatic N) is 1. The van der Waals surface area contributed by atoms with Crippen LogP contribution in [0, 0.1) is 0 Å². The fraction of sp³-hybridized carbons (Fsp3) is 0.500. The third-order valence-corrected chi connectivity index (χ3v) is 4.26. The lowest BCUT2D eigenvalue weighted by atomic mass is 10.1. The molecule has 2 rings (SSSR count). The van der Waals surface area contributed by atoms with Crippen molar-refractivity contribution in [1.29, 1.82) is 0 Å². The van der Waals surface area contributed by atoms with Crippen molar-refractivity contribution in [1.82, 2.24) is 10.2 Å². The largest absolute Gasteiger partial charge is 0.399 e. The van der Waals surface area contributed by atoms with Gasteiger partial charge in [-0.3, -0.25) is 9.69 Å². The predicted molar refractivity (Wildman–Crippen MR) is 85.1 cm³/mol. The Morgan fingerprint density at radius 1 is 1.52 bits per heavy atom. The summed E-state index contributed by atoms with van der Waals surface area (Å²) in [6.07, 6.45) is -0.0158. The zero-order chi connectivity index (χ0) is 15.4. The summed E-state index contributed by atoms with van der Waals surface area (Å²) in [7, 11) is 0. The molecule has 1 aromatic carbocycles. The van der Waals surface area contributed by atoms with Gasteiger partial charge in [0, 0.05) is 25.3 Å². The van der Waals surface area contributed by atoms with E-state index in [1.54, 1.807) is 0 Å². The van der Waals surface area contributed by atoms with Gasteiger partial charge in [0.1, 0.15) is 0 Å². The summed E-state index contributed by atoms with van der Waals surface area (Å²) in [6.45, 7) is 5.93. The van der Waals surface area contributed by atoms with Crippen LogP contribution in [-0.2, 0) is 4.74 Å². The molecule has 1 aliphatic rings. The van der Waals surface area contributed by atoms with Gasteiger partial charge in [0.05, 0.1) is 28.3 Å². The third-order valence-electron chi connectivity index (χ3n) is 3.46. The number of nitrogen functional groups attached to an aromatic ring is 1. The first-order valence-corrected chi connectivity index (χ1v) is 7.63. The second-order valence-electron chi connectivity index (χ2n) is 4.96. The van der Waals surface area contributed by atoms with Gasteiger partial charge >= 0.3 is 0 Å². The minimum absolute atomic E-state index is 0.0158. The van der Waals surface area contributed by atoms with E-state index in [4.69, 9.17) is 33.7 Å². The van der Waals surface area contributed by atoms with Crippen molar-refractivity contribution < 1.29 is 9.53 Å². The van der Waals surface area contributed by atoms with Crippen molar-refractivity contribution in [2.75, 3.05) is 38.5 Å². The van der Waals surface area contributed by atoms with E-state index >= 15 is 0 Å². The molecule has 1 aliphatic heterocycles. The summed E-state index contributed by atoms with van der Waals surface area (Å²) in [5.41, 5.74) is 6.37. The SMILES string of the molecule is CCN1CCOC(CNC(=O)c2cc(N)cc(Cl)c2Cl)C1. The number of ether oxygens (including phenoxy) is 1. The molecule has 0 bridgehead atoms. The molecule has 1 atom stereocenters. The second-order valence-corrected chi connectivity index (χ2v) is 5.75. The number of morpholine rings is 1. The summed E-state index contributed by atoms with van der Waals surface area (Å²) >= 11 is 12.0. The summed E-state index contributed by atoms with van der Waals surface area (Å²) < 4.78 is 5.63. The molecule has 116 valence electrons. The number of amides is 1. The van der Waals surface area contributed by atoms with Crippen LogP contribution in [-0.4, -0.2) is 49.7 Å².